The lowest BCUT2D eigenvalue weighted by molar-refractivity contribution is 0.205. The van der Waals surface area contributed by atoms with Crippen LogP contribution in [0.5, 0.6) is 0 Å². The Bertz CT molecular complexity index is 441. The Balaban J connectivity index is 1.54. The lowest BCUT2D eigenvalue weighted by Crippen LogP contribution is -2.31. The first kappa shape index (κ1) is 14.1. The minimum absolute atomic E-state index is 0.721. The van der Waals surface area contributed by atoms with Gasteiger partial charge in [-0.2, -0.15) is 0 Å². The van der Waals surface area contributed by atoms with Crippen molar-refractivity contribution >= 4 is 0 Å². The van der Waals surface area contributed by atoms with E-state index < -0.39 is 0 Å². The van der Waals surface area contributed by atoms with Gasteiger partial charge in [-0.05, 0) is 48.8 Å². The second-order valence-electron chi connectivity index (χ2n) is 7.11. The van der Waals surface area contributed by atoms with Crippen LogP contribution < -0.4 is 5.32 Å². The molecule has 1 aliphatic heterocycles. The molecule has 0 aromatic heterocycles. The maximum Gasteiger partial charge on any atom is 0.0236 e. The lowest BCUT2D eigenvalue weighted by Gasteiger charge is -2.26. The normalized spacial score (nSPS) is 25.8. The number of piperidine rings is 1. The molecule has 2 aliphatic rings. The van der Waals surface area contributed by atoms with Gasteiger partial charge in [-0.25, -0.2) is 0 Å². The van der Waals surface area contributed by atoms with E-state index in [1.54, 1.807) is 0 Å². The van der Waals surface area contributed by atoms with E-state index in [1.165, 1.54) is 36.9 Å². The molecule has 2 unspecified atom stereocenters. The molecule has 1 saturated carbocycles. The fraction of sp³-hybridized carbons (Fsp3) is 0.667. The fourth-order valence-electron chi connectivity index (χ4n) is 3.80. The molecule has 110 valence electrons. The average Bonchev–Trinajstić information content (AvgIpc) is 3.01. The summed E-state index contributed by atoms with van der Waals surface area (Å²) in [5.41, 5.74) is 2.91. The quantitative estimate of drug-likeness (QED) is 0.853. The van der Waals surface area contributed by atoms with Gasteiger partial charge in [-0.3, -0.25) is 4.90 Å². The zero-order chi connectivity index (χ0) is 13.9. The van der Waals surface area contributed by atoms with Gasteiger partial charge in [-0.15, -0.1) is 0 Å². The van der Waals surface area contributed by atoms with Crippen LogP contribution in [0.15, 0.2) is 24.3 Å². The largest absolute Gasteiger partial charge is 0.312 e. The van der Waals surface area contributed by atoms with E-state index in [4.69, 9.17) is 0 Å². The molecular weight excluding hydrogens is 244 g/mol. The lowest BCUT2D eigenvalue weighted by atomic mass is 10.1. The van der Waals surface area contributed by atoms with Crippen molar-refractivity contribution < 1.29 is 0 Å². The molecule has 1 aliphatic carbocycles. The van der Waals surface area contributed by atoms with Crippen molar-refractivity contribution in [2.45, 2.75) is 52.2 Å². The predicted molar refractivity (Wildman–Crippen MR) is 84.5 cm³/mol. The molecule has 0 radical (unpaired) electrons. The zero-order valence-corrected chi connectivity index (χ0v) is 12.9. The standard InChI is InChI=1S/C18H28N2/c1-14(2)10-19-11-15-4-3-5-16(8-15)12-20-13-17-6-7-18(20)9-17/h3-5,8,14,17-19H,6-7,9-13H2,1-2H3. The number of rotatable bonds is 6. The third-order valence-electron chi connectivity index (χ3n) is 4.78. The minimum atomic E-state index is 0.721. The average molecular weight is 272 g/mol. The molecule has 1 heterocycles. The van der Waals surface area contributed by atoms with Gasteiger partial charge < -0.3 is 5.32 Å². The van der Waals surface area contributed by atoms with E-state index in [-0.39, 0.29) is 0 Å². The third-order valence-corrected chi connectivity index (χ3v) is 4.78. The molecule has 1 saturated heterocycles. The van der Waals surface area contributed by atoms with Crippen LogP contribution in [-0.2, 0) is 13.1 Å². The van der Waals surface area contributed by atoms with Gasteiger partial charge in [-0.1, -0.05) is 38.1 Å². The molecule has 2 nitrogen and oxygen atoms in total. The second-order valence-corrected chi connectivity index (χ2v) is 7.11. The molecule has 0 spiro atoms. The molecule has 2 bridgehead atoms. The minimum Gasteiger partial charge on any atom is -0.312 e. The summed E-state index contributed by atoms with van der Waals surface area (Å²) in [4.78, 5) is 2.70. The summed E-state index contributed by atoms with van der Waals surface area (Å²) in [6.45, 7) is 9.09. The molecule has 2 heteroatoms. The van der Waals surface area contributed by atoms with Crippen LogP contribution in [0.25, 0.3) is 0 Å². The van der Waals surface area contributed by atoms with Crippen LogP contribution in [-0.4, -0.2) is 24.0 Å². The van der Waals surface area contributed by atoms with Gasteiger partial charge in [0.05, 0.1) is 0 Å². The smallest absolute Gasteiger partial charge is 0.0236 e. The number of hydrogen-bond donors (Lipinski definition) is 1. The monoisotopic (exact) mass is 272 g/mol. The van der Waals surface area contributed by atoms with Crippen molar-refractivity contribution in [2.24, 2.45) is 11.8 Å². The molecule has 3 rings (SSSR count). The van der Waals surface area contributed by atoms with Gasteiger partial charge in [0.15, 0.2) is 0 Å². The molecule has 2 fully saturated rings. The third kappa shape index (κ3) is 3.42. The number of benzene rings is 1. The van der Waals surface area contributed by atoms with E-state index in [1.807, 2.05) is 0 Å². The number of nitrogens with zero attached hydrogens (tertiary/aromatic N) is 1. The van der Waals surface area contributed by atoms with Gasteiger partial charge >= 0.3 is 0 Å². The van der Waals surface area contributed by atoms with E-state index in [0.717, 1.165) is 37.5 Å². The van der Waals surface area contributed by atoms with Crippen LogP contribution in [0.2, 0.25) is 0 Å². The highest BCUT2D eigenvalue weighted by atomic mass is 15.2. The number of likely N-dealkylation sites (tertiary alicyclic amines) is 1. The summed E-state index contributed by atoms with van der Waals surface area (Å²) in [6.07, 6.45) is 4.36. The summed E-state index contributed by atoms with van der Waals surface area (Å²) < 4.78 is 0. The topological polar surface area (TPSA) is 15.3 Å². The summed E-state index contributed by atoms with van der Waals surface area (Å²) in [6, 6.07) is 10.0. The van der Waals surface area contributed by atoms with Crippen molar-refractivity contribution in [3.05, 3.63) is 35.4 Å². The second kappa shape index (κ2) is 6.28. The Hall–Kier alpha value is -0.860. The van der Waals surface area contributed by atoms with Crippen molar-refractivity contribution in [3.63, 3.8) is 0 Å². The van der Waals surface area contributed by atoms with Crippen LogP contribution in [0, 0.1) is 11.8 Å². The Morgan fingerprint density at radius 1 is 1.25 bits per heavy atom. The molecule has 1 aromatic rings. The summed E-state index contributed by atoms with van der Waals surface area (Å²) in [5.74, 6) is 1.72. The van der Waals surface area contributed by atoms with Gasteiger partial charge in [0.25, 0.3) is 0 Å². The SMILES string of the molecule is CC(C)CNCc1cccc(CN2CC3CCC2C3)c1. The molecule has 2 atom stereocenters. The van der Waals surface area contributed by atoms with Crippen molar-refractivity contribution in [1.82, 2.24) is 10.2 Å². The Kier molecular flexibility index (Phi) is 4.42. The number of hydrogen-bond acceptors (Lipinski definition) is 2. The molecule has 20 heavy (non-hydrogen) atoms. The summed E-state index contributed by atoms with van der Waals surface area (Å²) >= 11 is 0. The maximum absolute atomic E-state index is 3.54. The van der Waals surface area contributed by atoms with Crippen LogP contribution in [0.4, 0.5) is 0 Å². The van der Waals surface area contributed by atoms with E-state index in [9.17, 15) is 0 Å². The number of fused-ring (bicyclic) bond motifs is 2. The molecular formula is C18H28N2. The van der Waals surface area contributed by atoms with Gasteiger partial charge in [0.2, 0.25) is 0 Å². The summed E-state index contributed by atoms with van der Waals surface area (Å²) in [5, 5.41) is 3.54. The Labute approximate surface area is 123 Å². The van der Waals surface area contributed by atoms with Crippen LogP contribution >= 0.6 is 0 Å². The van der Waals surface area contributed by atoms with Crippen LogP contribution in [0.1, 0.15) is 44.2 Å². The predicted octanol–water partition coefficient (Wildman–Crippen LogP) is 3.42. The van der Waals surface area contributed by atoms with Crippen LogP contribution in [0.3, 0.4) is 0 Å². The molecule has 0 amide bonds. The van der Waals surface area contributed by atoms with Crippen molar-refractivity contribution in [3.8, 4) is 0 Å². The highest BCUT2D eigenvalue weighted by molar-refractivity contribution is 5.23. The number of nitrogens with one attached hydrogen (secondary N) is 1. The van der Waals surface area contributed by atoms with Crippen molar-refractivity contribution in [1.29, 1.82) is 0 Å². The Morgan fingerprint density at radius 2 is 2.10 bits per heavy atom. The van der Waals surface area contributed by atoms with E-state index in [2.05, 4.69) is 48.3 Å². The fourth-order valence-corrected chi connectivity index (χ4v) is 3.80. The Morgan fingerprint density at radius 3 is 2.80 bits per heavy atom. The zero-order valence-electron chi connectivity index (χ0n) is 12.9. The molecule has 1 N–H and O–H groups in total. The van der Waals surface area contributed by atoms with Gasteiger partial charge in [0.1, 0.15) is 0 Å². The summed E-state index contributed by atoms with van der Waals surface area (Å²) in [7, 11) is 0. The highest BCUT2D eigenvalue weighted by Crippen LogP contribution is 2.38. The maximum atomic E-state index is 3.54. The van der Waals surface area contributed by atoms with E-state index >= 15 is 0 Å². The van der Waals surface area contributed by atoms with Gasteiger partial charge in [0, 0.05) is 25.7 Å². The first-order valence-corrected chi connectivity index (χ1v) is 8.23. The first-order valence-electron chi connectivity index (χ1n) is 8.23. The molecule has 1 aromatic carbocycles. The van der Waals surface area contributed by atoms with Crippen molar-refractivity contribution in [2.75, 3.05) is 13.1 Å². The highest BCUT2D eigenvalue weighted by Gasteiger charge is 2.37. The van der Waals surface area contributed by atoms with E-state index in [0.29, 0.717) is 0 Å². The first-order chi connectivity index (χ1) is 9.70.